The van der Waals surface area contributed by atoms with Crippen molar-refractivity contribution >= 4 is 11.6 Å². The van der Waals surface area contributed by atoms with Gasteiger partial charge in [-0.05, 0) is 24.6 Å². The lowest BCUT2D eigenvalue weighted by atomic mass is 10.2. The summed E-state index contributed by atoms with van der Waals surface area (Å²) in [5, 5.41) is 6.35. The molecule has 0 amide bonds. The highest BCUT2D eigenvalue weighted by molar-refractivity contribution is 6.29. The van der Waals surface area contributed by atoms with Gasteiger partial charge in [-0.3, -0.25) is 9.89 Å². The third-order valence-corrected chi connectivity index (χ3v) is 2.45. The zero-order valence-electron chi connectivity index (χ0n) is 9.86. The van der Waals surface area contributed by atoms with Gasteiger partial charge in [0.05, 0.1) is 7.11 Å². The van der Waals surface area contributed by atoms with Gasteiger partial charge in [0.2, 0.25) is 5.43 Å². The Hall–Kier alpha value is -2.01. The lowest BCUT2D eigenvalue weighted by Crippen LogP contribution is -2.07. The van der Waals surface area contributed by atoms with Crippen molar-refractivity contribution in [3.05, 3.63) is 45.2 Å². The van der Waals surface area contributed by atoms with Crippen molar-refractivity contribution in [1.82, 2.24) is 10.2 Å². The second-order valence-electron chi connectivity index (χ2n) is 3.64. The van der Waals surface area contributed by atoms with E-state index in [1.54, 1.807) is 12.1 Å². The van der Waals surface area contributed by atoms with E-state index in [-0.39, 0.29) is 11.0 Å². The number of hydrogen-bond donors (Lipinski definition) is 1. The summed E-state index contributed by atoms with van der Waals surface area (Å²) in [5.41, 5.74) is 0.582. The number of H-pyrrole nitrogens is 1. The molecule has 2 aromatic rings. The average Bonchev–Trinajstić information content (AvgIpc) is 2.33. The number of hydrogen-bond acceptors (Lipinski definition) is 4. The Morgan fingerprint density at radius 3 is 2.72 bits per heavy atom. The number of methoxy groups -OCH3 is 1. The van der Waals surface area contributed by atoms with Crippen LogP contribution < -0.4 is 14.9 Å². The van der Waals surface area contributed by atoms with Crippen LogP contribution in [-0.2, 0) is 0 Å². The molecule has 0 spiro atoms. The SMILES string of the molecule is COc1ccc(C)cc1Oc1n[nH]c(Cl)cc1=O. The molecule has 0 atom stereocenters. The predicted octanol–water partition coefficient (Wildman–Crippen LogP) is 2.53. The van der Waals surface area contributed by atoms with E-state index in [0.717, 1.165) is 5.56 Å². The molecule has 6 heteroatoms. The van der Waals surface area contributed by atoms with Crippen LogP contribution in [0.3, 0.4) is 0 Å². The topological polar surface area (TPSA) is 64.2 Å². The first-order valence-electron chi connectivity index (χ1n) is 5.18. The van der Waals surface area contributed by atoms with Crippen LogP contribution in [0, 0.1) is 6.92 Å². The van der Waals surface area contributed by atoms with Gasteiger partial charge in [-0.2, -0.15) is 0 Å². The summed E-state index contributed by atoms with van der Waals surface area (Å²) in [6.07, 6.45) is 0. The van der Waals surface area contributed by atoms with Crippen LogP contribution in [0.5, 0.6) is 17.4 Å². The van der Waals surface area contributed by atoms with Crippen LogP contribution >= 0.6 is 11.6 Å². The fourth-order valence-electron chi connectivity index (χ4n) is 1.41. The Morgan fingerprint density at radius 1 is 1.28 bits per heavy atom. The van der Waals surface area contributed by atoms with Gasteiger partial charge in [0.1, 0.15) is 5.15 Å². The molecule has 1 aromatic heterocycles. The Bertz CT molecular complexity index is 625. The molecule has 0 aliphatic carbocycles. The second kappa shape index (κ2) is 5.10. The molecular weight excluding hydrogens is 256 g/mol. The number of rotatable bonds is 3. The zero-order chi connectivity index (χ0) is 13.1. The van der Waals surface area contributed by atoms with Gasteiger partial charge in [0, 0.05) is 6.07 Å². The fourth-order valence-corrected chi connectivity index (χ4v) is 1.55. The van der Waals surface area contributed by atoms with Gasteiger partial charge < -0.3 is 9.47 Å². The van der Waals surface area contributed by atoms with E-state index < -0.39 is 5.43 Å². The fraction of sp³-hybridized carbons (Fsp3) is 0.167. The Morgan fingerprint density at radius 2 is 2.06 bits per heavy atom. The predicted molar refractivity (Wildman–Crippen MR) is 67.7 cm³/mol. The molecule has 94 valence electrons. The average molecular weight is 267 g/mol. The molecular formula is C12H11ClN2O3. The summed E-state index contributed by atoms with van der Waals surface area (Å²) < 4.78 is 10.6. The monoisotopic (exact) mass is 266 g/mol. The molecule has 0 aliphatic heterocycles. The highest BCUT2D eigenvalue weighted by atomic mass is 35.5. The molecule has 1 aromatic carbocycles. The van der Waals surface area contributed by atoms with E-state index in [4.69, 9.17) is 21.1 Å². The number of aromatic amines is 1. The molecule has 1 N–H and O–H groups in total. The summed E-state index contributed by atoms with van der Waals surface area (Å²) in [7, 11) is 1.52. The van der Waals surface area contributed by atoms with Crippen LogP contribution in [0.2, 0.25) is 5.15 Å². The zero-order valence-corrected chi connectivity index (χ0v) is 10.6. The van der Waals surface area contributed by atoms with E-state index >= 15 is 0 Å². The summed E-state index contributed by atoms with van der Waals surface area (Å²) in [4.78, 5) is 11.6. The van der Waals surface area contributed by atoms with Crippen LogP contribution in [0.1, 0.15) is 5.56 Å². The summed E-state index contributed by atoms with van der Waals surface area (Å²) in [6.45, 7) is 1.91. The van der Waals surface area contributed by atoms with Gasteiger partial charge in [-0.25, -0.2) is 0 Å². The minimum Gasteiger partial charge on any atom is -0.493 e. The first-order valence-corrected chi connectivity index (χ1v) is 5.55. The maximum Gasteiger partial charge on any atom is 0.285 e. The summed E-state index contributed by atoms with van der Waals surface area (Å²) >= 11 is 5.61. The van der Waals surface area contributed by atoms with Crippen molar-refractivity contribution in [3.63, 3.8) is 0 Å². The van der Waals surface area contributed by atoms with Crippen molar-refractivity contribution in [2.75, 3.05) is 7.11 Å². The van der Waals surface area contributed by atoms with Gasteiger partial charge >= 0.3 is 0 Å². The number of aromatic nitrogens is 2. The molecule has 0 bridgehead atoms. The van der Waals surface area contributed by atoms with Crippen molar-refractivity contribution in [3.8, 4) is 17.4 Å². The summed E-state index contributed by atoms with van der Waals surface area (Å²) in [5.74, 6) is 0.873. The molecule has 18 heavy (non-hydrogen) atoms. The minimum absolute atomic E-state index is 0.0803. The molecule has 0 unspecified atom stereocenters. The first-order chi connectivity index (χ1) is 8.60. The summed E-state index contributed by atoms with van der Waals surface area (Å²) in [6, 6.07) is 6.60. The Labute approximate surface area is 108 Å². The first kappa shape index (κ1) is 12.4. The van der Waals surface area contributed by atoms with Gasteiger partial charge in [-0.15, -0.1) is 5.10 Å². The van der Waals surface area contributed by atoms with E-state index in [2.05, 4.69) is 10.2 Å². The number of ether oxygens (including phenoxy) is 2. The molecule has 5 nitrogen and oxygen atoms in total. The smallest absolute Gasteiger partial charge is 0.285 e. The second-order valence-corrected chi connectivity index (χ2v) is 4.05. The number of halogens is 1. The Kier molecular flexibility index (Phi) is 3.53. The molecule has 1 heterocycles. The largest absolute Gasteiger partial charge is 0.493 e. The van der Waals surface area contributed by atoms with E-state index in [9.17, 15) is 4.79 Å². The van der Waals surface area contributed by atoms with Crippen LogP contribution in [0.4, 0.5) is 0 Å². The Balaban J connectivity index is 2.39. The molecule has 0 aliphatic rings. The van der Waals surface area contributed by atoms with Gasteiger partial charge in [0.25, 0.3) is 5.88 Å². The third-order valence-electron chi connectivity index (χ3n) is 2.26. The van der Waals surface area contributed by atoms with E-state index in [1.165, 1.54) is 13.2 Å². The van der Waals surface area contributed by atoms with E-state index in [1.807, 2.05) is 13.0 Å². The molecule has 0 saturated carbocycles. The minimum atomic E-state index is -0.401. The van der Waals surface area contributed by atoms with Gasteiger partial charge in [0.15, 0.2) is 11.5 Å². The lowest BCUT2D eigenvalue weighted by Gasteiger charge is -2.09. The maximum atomic E-state index is 11.6. The number of nitrogens with zero attached hydrogens (tertiary/aromatic N) is 1. The normalized spacial score (nSPS) is 10.2. The lowest BCUT2D eigenvalue weighted by molar-refractivity contribution is 0.370. The van der Waals surface area contributed by atoms with Crippen LogP contribution in [-0.4, -0.2) is 17.3 Å². The van der Waals surface area contributed by atoms with Crippen LogP contribution in [0.25, 0.3) is 0 Å². The molecule has 0 fully saturated rings. The highest BCUT2D eigenvalue weighted by Gasteiger charge is 2.10. The molecule has 2 rings (SSSR count). The standard InChI is InChI=1S/C12H11ClN2O3/c1-7-3-4-9(17-2)10(5-7)18-12-8(16)6-11(13)14-15-12/h3-6H,1-2H3,(H,14,16). The van der Waals surface area contributed by atoms with E-state index in [0.29, 0.717) is 11.5 Å². The number of aryl methyl sites for hydroxylation is 1. The molecule has 0 radical (unpaired) electrons. The third kappa shape index (κ3) is 2.62. The van der Waals surface area contributed by atoms with Crippen molar-refractivity contribution < 1.29 is 9.47 Å². The highest BCUT2D eigenvalue weighted by Crippen LogP contribution is 2.30. The van der Waals surface area contributed by atoms with Crippen molar-refractivity contribution in [2.45, 2.75) is 6.92 Å². The van der Waals surface area contributed by atoms with Crippen molar-refractivity contribution in [2.24, 2.45) is 0 Å². The van der Waals surface area contributed by atoms with Gasteiger partial charge in [-0.1, -0.05) is 17.7 Å². The quantitative estimate of drug-likeness (QED) is 0.927. The molecule has 0 saturated heterocycles. The van der Waals surface area contributed by atoms with Crippen molar-refractivity contribution in [1.29, 1.82) is 0 Å². The number of benzene rings is 1. The maximum absolute atomic E-state index is 11.6. The van der Waals surface area contributed by atoms with Crippen LogP contribution in [0.15, 0.2) is 29.1 Å². The number of nitrogens with one attached hydrogen (secondary N) is 1.